The van der Waals surface area contributed by atoms with Crippen molar-refractivity contribution in [1.29, 1.82) is 0 Å². The van der Waals surface area contributed by atoms with E-state index in [9.17, 15) is 0 Å². The first-order valence-electron chi connectivity index (χ1n) is 2.91. The number of hydrogen-bond acceptors (Lipinski definition) is 2. The normalized spacial score (nSPS) is 9.50. The Bertz CT molecular complexity index is 237. The fraction of sp³-hybridized carbons (Fsp3) is 0.286. The molecule has 0 N–H and O–H groups in total. The minimum atomic E-state index is 0.499. The zero-order chi connectivity index (χ0) is 7.56. The Labute approximate surface area is 64.8 Å². The predicted octanol–water partition coefficient (Wildman–Crippen LogP) is 2.05. The molecule has 1 heterocycles. The molecule has 0 aliphatic rings. The highest BCUT2D eigenvalue weighted by molar-refractivity contribution is 6.30. The van der Waals surface area contributed by atoms with E-state index in [1.165, 1.54) is 0 Å². The molecule has 0 fully saturated rings. The molecule has 2 nitrogen and oxygen atoms in total. The third kappa shape index (κ3) is 1.39. The number of ether oxygens (including phenoxy) is 1. The Balaban J connectivity index is 3.04. The first-order chi connectivity index (χ1) is 4.74. The molecule has 0 unspecified atom stereocenters. The van der Waals surface area contributed by atoms with E-state index in [4.69, 9.17) is 16.3 Å². The van der Waals surface area contributed by atoms with E-state index in [0.29, 0.717) is 11.0 Å². The molecular formula is C7H8ClNO. The summed E-state index contributed by atoms with van der Waals surface area (Å²) in [4.78, 5) is 3.93. The van der Waals surface area contributed by atoms with Crippen LogP contribution in [-0.2, 0) is 0 Å². The molecule has 0 bridgehead atoms. The van der Waals surface area contributed by atoms with E-state index < -0.39 is 0 Å². The molecule has 0 aliphatic carbocycles. The van der Waals surface area contributed by atoms with E-state index in [0.717, 1.165) is 5.56 Å². The smallest absolute Gasteiger partial charge is 0.214 e. The van der Waals surface area contributed by atoms with Crippen LogP contribution in [0.4, 0.5) is 0 Å². The van der Waals surface area contributed by atoms with Crippen molar-refractivity contribution in [2.75, 3.05) is 7.11 Å². The van der Waals surface area contributed by atoms with Gasteiger partial charge in [-0.25, -0.2) is 4.98 Å². The summed E-state index contributed by atoms with van der Waals surface area (Å²) in [5.41, 5.74) is 0.961. The lowest BCUT2D eigenvalue weighted by Gasteiger charge is -1.99. The van der Waals surface area contributed by atoms with Gasteiger partial charge in [-0.3, -0.25) is 0 Å². The van der Waals surface area contributed by atoms with Crippen molar-refractivity contribution >= 4 is 11.6 Å². The van der Waals surface area contributed by atoms with Gasteiger partial charge in [0.1, 0.15) is 5.15 Å². The SMILES string of the molecule is COc1ccc(C)c(Cl)n1. The Morgan fingerprint density at radius 1 is 1.50 bits per heavy atom. The van der Waals surface area contributed by atoms with Crippen molar-refractivity contribution in [3.8, 4) is 5.88 Å². The van der Waals surface area contributed by atoms with Gasteiger partial charge >= 0.3 is 0 Å². The molecule has 0 amide bonds. The number of hydrogen-bond donors (Lipinski definition) is 0. The third-order valence-electron chi connectivity index (χ3n) is 1.22. The quantitative estimate of drug-likeness (QED) is 0.583. The van der Waals surface area contributed by atoms with Gasteiger partial charge in [-0.15, -0.1) is 0 Å². The van der Waals surface area contributed by atoms with Gasteiger partial charge in [-0.05, 0) is 12.5 Å². The van der Waals surface area contributed by atoms with Gasteiger partial charge in [-0.2, -0.15) is 0 Å². The van der Waals surface area contributed by atoms with Crippen molar-refractivity contribution in [2.24, 2.45) is 0 Å². The summed E-state index contributed by atoms with van der Waals surface area (Å²) in [6.45, 7) is 1.90. The van der Waals surface area contributed by atoms with Crippen LogP contribution in [0, 0.1) is 6.92 Å². The van der Waals surface area contributed by atoms with Crippen LogP contribution < -0.4 is 4.74 Å². The molecule has 1 rings (SSSR count). The van der Waals surface area contributed by atoms with E-state index in [-0.39, 0.29) is 0 Å². The summed E-state index contributed by atoms with van der Waals surface area (Å²) >= 11 is 5.70. The zero-order valence-electron chi connectivity index (χ0n) is 5.89. The molecule has 3 heteroatoms. The minimum absolute atomic E-state index is 0.499. The molecule has 0 aliphatic heterocycles. The average molecular weight is 158 g/mol. The molecule has 1 aromatic rings. The van der Waals surface area contributed by atoms with Crippen LogP contribution in [0.5, 0.6) is 5.88 Å². The largest absolute Gasteiger partial charge is 0.481 e. The predicted molar refractivity (Wildman–Crippen MR) is 40.5 cm³/mol. The topological polar surface area (TPSA) is 22.1 Å². The molecule has 0 saturated carbocycles. The average Bonchev–Trinajstić information content (AvgIpc) is 1.95. The van der Waals surface area contributed by atoms with Crippen LogP contribution >= 0.6 is 11.6 Å². The molecule has 0 saturated heterocycles. The lowest BCUT2D eigenvalue weighted by Crippen LogP contribution is -1.88. The van der Waals surface area contributed by atoms with Gasteiger partial charge in [0.25, 0.3) is 0 Å². The third-order valence-corrected chi connectivity index (χ3v) is 1.60. The van der Waals surface area contributed by atoms with Crippen molar-refractivity contribution in [2.45, 2.75) is 6.92 Å². The molecule has 10 heavy (non-hydrogen) atoms. The Kier molecular flexibility index (Phi) is 2.12. The Hall–Kier alpha value is -0.760. The molecule has 1 aromatic heterocycles. The number of aromatic nitrogens is 1. The van der Waals surface area contributed by atoms with Crippen molar-refractivity contribution < 1.29 is 4.74 Å². The van der Waals surface area contributed by atoms with Gasteiger partial charge in [0, 0.05) is 6.07 Å². The van der Waals surface area contributed by atoms with Crippen LogP contribution in [0.25, 0.3) is 0 Å². The van der Waals surface area contributed by atoms with Gasteiger partial charge in [0.05, 0.1) is 7.11 Å². The summed E-state index contributed by atoms with van der Waals surface area (Å²) in [7, 11) is 1.56. The summed E-state index contributed by atoms with van der Waals surface area (Å²) < 4.78 is 4.85. The second-order valence-corrected chi connectivity index (χ2v) is 2.32. The molecule has 0 aromatic carbocycles. The highest BCUT2D eigenvalue weighted by atomic mass is 35.5. The second kappa shape index (κ2) is 2.88. The fourth-order valence-corrected chi connectivity index (χ4v) is 0.747. The number of rotatable bonds is 1. The lowest BCUT2D eigenvalue weighted by atomic mass is 10.3. The number of methoxy groups -OCH3 is 1. The summed E-state index contributed by atoms with van der Waals surface area (Å²) in [5, 5.41) is 0.499. The standard InChI is InChI=1S/C7H8ClNO/c1-5-3-4-6(10-2)9-7(5)8/h3-4H,1-2H3. The summed E-state index contributed by atoms with van der Waals surface area (Å²) in [6.07, 6.45) is 0. The molecule has 0 atom stereocenters. The molecule has 0 radical (unpaired) electrons. The van der Waals surface area contributed by atoms with Gasteiger partial charge in [0.2, 0.25) is 5.88 Å². The van der Waals surface area contributed by atoms with Gasteiger partial charge < -0.3 is 4.74 Å². The number of halogens is 1. The fourth-order valence-electron chi connectivity index (χ4n) is 0.601. The molecule has 0 spiro atoms. The summed E-state index contributed by atoms with van der Waals surface area (Å²) in [6, 6.07) is 3.65. The first kappa shape index (κ1) is 7.35. The van der Waals surface area contributed by atoms with Crippen LogP contribution in [0.3, 0.4) is 0 Å². The number of nitrogens with zero attached hydrogens (tertiary/aromatic N) is 1. The number of pyridine rings is 1. The van der Waals surface area contributed by atoms with Gasteiger partial charge in [0.15, 0.2) is 0 Å². The monoisotopic (exact) mass is 157 g/mol. The Morgan fingerprint density at radius 3 is 2.70 bits per heavy atom. The van der Waals surface area contributed by atoms with E-state index in [1.54, 1.807) is 13.2 Å². The highest BCUT2D eigenvalue weighted by Crippen LogP contribution is 2.15. The van der Waals surface area contributed by atoms with E-state index in [2.05, 4.69) is 4.98 Å². The maximum Gasteiger partial charge on any atom is 0.214 e. The van der Waals surface area contributed by atoms with Crippen LogP contribution in [-0.4, -0.2) is 12.1 Å². The van der Waals surface area contributed by atoms with E-state index >= 15 is 0 Å². The van der Waals surface area contributed by atoms with Gasteiger partial charge in [-0.1, -0.05) is 17.7 Å². The second-order valence-electron chi connectivity index (χ2n) is 1.96. The summed E-state index contributed by atoms with van der Waals surface area (Å²) in [5.74, 6) is 0.551. The zero-order valence-corrected chi connectivity index (χ0v) is 6.64. The van der Waals surface area contributed by atoms with Crippen molar-refractivity contribution in [3.05, 3.63) is 22.8 Å². The maximum absolute atomic E-state index is 5.70. The number of aryl methyl sites for hydroxylation is 1. The molecular weight excluding hydrogens is 150 g/mol. The Morgan fingerprint density at radius 2 is 2.20 bits per heavy atom. The maximum atomic E-state index is 5.70. The van der Waals surface area contributed by atoms with Crippen molar-refractivity contribution in [3.63, 3.8) is 0 Å². The minimum Gasteiger partial charge on any atom is -0.481 e. The van der Waals surface area contributed by atoms with E-state index in [1.807, 2.05) is 13.0 Å². The lowest BCUT2D eigenvalue weighted by molar-refractivity contribution is 0.398. The van der Waals surface area contributed by atoms with Crippen LogP contribution in [0.2, 0.25) is 5.15 Å². The van der Waals surface area contributed by atoms with Crippen LogP contribution in [0.15, 0.2) is 12.1 Å². The highest BCUT2D eigenvalue weighted by Gasteiger charge is 1.96. The first-order valence-corrected chi connectivity index (χ1v) is 3.29. The van der Waals surface area contributed by atoms with Crippen molar-refractivity contribution in [1.82, 2.24) is 4.98 Å². The van der Waals surface area contributed by atoms with Crippen LogP contribution in [0.1, 0.15) is 5.56 Å². The molecule has 54 valence electrons.